The van der Waals surface area contributed by atoms with Gasteiger partial charge in [0.05, 0.1) is 12.6 Å². The van der Waals surface area contributed by atoms with Gasteiger partial charge in [0.25, 0.3) is 11.8 Å². The predicted octanol–water partition coefficient (Wildman–Crippen LogP) is 5.36. The van der Waals surface area contributed by atoms with Crippen LogP contribution in [0.1, 0.15) is 43.9 Å². The highest BCUT2D eigenvalue weighted by molar-refractivity contribution is 5.92. The van der Waals surface area contributed by atoms with E-state index in [9.17, 15) is 9.59 Å². The molecule has 2 atom stereocenters. The third kappa shape index (κ3) is 5.39. The third-order valence-electron chi connectivity index (χ3n) is 5.94. The minimum atomic E-state index is -0.543. The number of carbonyl (C=O) groups excluding carboxylic acids is 2. The van der Waals surface area contributed by atoms with Crippen LogP contribution in [0.2, 0.25) is 0 Å². The van der Waals surface area contributed by atoms with E-state index in [1.807, 2.05) is 60.4 Å². The second kappa shape index (κ2) is 10.9. The molecule has 1 N–H and O–H groups in total. The van der Waals surface area contributed by atoms with Gasteiger partial charge in [-0.3, -0.25) is 9.59 Å². The molecule has 0 radical (unpaired) electrons. The first kappa shape index (κ1) is 23.4. The van der Waals surface area contributed by atoms with Crippen LogP contribution in [-0.2, 0) is 16.1 Å². The van der Waals surface area contributed by atoms with Crippen molar-refractivity contribution in [3.8, 4) is 11.5 Å². The van der Waals surface area contributed by atoms with Gasteiger partial charge in [-0.15, -0.1) is 0 Å². The normalized spacial score (nSPS) is 16.1. The zero-order chi connectivity index (χ0) is 23.9. The maximum atomic E-state index is 13.4. The number of rotatable bonds is 8. The number of amides is 2. The van der Waals surface area contributed by atoms with Crippen molar-refractivity contribution in [3.05, 3.63) is 90.0 Å². The van der Waals surface area contributed by atoms with Crippen molar-refractivity contribution in [2.24, 2.45) is 0 Å². The Bertz CT molecular complexity index is 1120. The summed E-state index contributed by atoms with van der Waals surface area (Å²) in [5.74, 6) is 1.04. The summed E-state index contributed by atoms with van der Waals surface area (Å²) in [6.45, 7) is 4.35. The molecule has 3 aromatic carbocycles. The number of benzene rings is 3. The van der Waals surface area contributed by atoms with Gasteiger partial charge >= 0.3 is 0 Å². The lowest BCUT2D eigenvalue weighted by atomic mass is 10.0. The minimum Gasteiger partial charge on any atom is -0.484 e. The molecule has 1 aliphatic rings. The maximum absolute atomic E-state index is 13.4. The lowest BCUT2D eigenvalue weighted by molar-refractivity contribution is -0.141. The summed E-state index contributed by atoms with van der Waals surface area (Å²) < 4.78 is 11.7. The summed E-state index contributed by atoms with van der Waals surface area (Å²) >= 11 is 0. The number of carbonyl (C=O) groups is 2. The van der Waals surface area contributed by atoms with Gasteiger partial charge in [0.1, 0.15) is 11.5 Å². The standard InChI is InChI=1S/C28H30N2O4/c1-3-24(20-11-7-5-8-12-20)30-18-21-17-22(15-16-26(21)34-25(4-2)28(30)32)29-27(31)19-33-23-13-9-6-10-14-23/h5-17,24-25H,3-4,18-19H2,1-2H3,(H,29,31)/t24-,25+/m1/s1. The summed E-state index contributed by atoms with van der Waals surface area (Å²) in [5, 5.41) is 2.89. The Morgan fingerprint density at radius 3 is 2.44 bits per heavy atom. The number of para-hydroxylation sites is 1. The fourth-order valence-electron chi connectivity index (χ4n) is 4.24. The minimum absolute atomic E-state index is 0.0174. The molecule has 0 saturated heterocycles. The topological polar surface area (TPSA) is 67.9 Å². The number of anilines is 1. The molecule has 0 spiro atoms. The summed E-state index contributed by atoms with van der Waals surface area (Å²) in [7, 11) is 0. The Hall–Kier alpha value is -3.80. The van der Waals surface area contributed by atoms with Gasteiger partial charge in [-0.25, -0.2) is 0 Å². The van der Waals surface area contributed by atoms with Gasteiger partial charge in [0.2, 0.25) is 0 Å². The lowest BCUT2D eigenvalue weighted by Crippen LogP contribution is -2.41. The highest BCUT2D eigenvalue weighted by Crippen LogP contribution is 2.34. The Labute approximate surface area is 200 Å². The van der Waals surface area contributed by atoms with Crippen molar-refractivity contribution in [1.82, 2.24) is 4.90 Å². The molecule has 4 rings (SSSR count). The van der Waals surface area contributed by atoms with E-state index in [0.29, 0.717) is 30.2 Å². The van der Waals surface area contributed by atoms with E-state index in [0.717, 1.165) is 17.5 Å². The van der Waals surface area contributed by atoms with Crippen molar-refractivity contribution in [2.75, 3.05) is 11.9 Å². The Kier molecular flexibility index (Phi) is 7.48. The summed E-state index contributed by atoms with van der Waals surface area (Å²) in [5.41, 5.74) is 2.60. The van der Waals surface area contributed by atoms with Gasteiger partial charge < -0.3 is 19.7 Å². The van der Waals surface area contributed by atoms with Gasteiger partial charge in [-0.2, -0.15) is 0 Å². The van der Waals surface area contributed by atoms with Crippen LogP contribution < -0.4 is 14.8 Å². The molecule has 0 bridgehead atoms. The first-order valence-electron chi connectivity index (χ1n) is 11.7. The first-order valence-corrected chi connectivity index (χ1v) is 11.7. The lowest BCUT2D eigenvalue weighted by Gasteiger charge is -2.32. The second-order valence-corrected chi connectivity index (χ2v) is 8.29. The average molecular weight is 459 g/mol. The van der Waals surface area contributed by atoms with Crippen LogP contribution in [0.5, 0.6) is 11.5 Å². The van der Waals surface area contributed by atoms with E-state index in [1.165, 1.54) is 0 Å². The monoisotopic (exact) mass is 458 g/mol. The summed E-state index contributed by atoms with van der Waals surface area (Å²) in [4.78, 5) is 27.8. The van der Waals surface area contributed by atoms with Crippen LogP contribution in [0.15, 0.2) is 78.9 Å². The van der Waals surface area contributed by atoms with E-state index >= 15 is 0 Å². The van der Waals surface area contributed by atoms with Crippen molar-refractivity contribution in [3.63, 3.8) is 0 Å². The molecule has 1 aliphatic heterocycles. The third-order valence-corrected chi connectivity index (χ3v) is 5.94. The first-order chi connectivity index (χ1) is 16.6. The molecule has 0 saturated carbocycles. The van der Waals surface area contributed by atoms with E-state index in [2.05, 4.69) is 24.4 Å². The highest BCUT2D eigenvalue weighted by atomic mass is 16.5. The zero-order valence-corrected chi connectivity index (χ0v) is 19.6. The number of hydrogen-bond acceptors (Lipinski definition) is 4. The average Bonchev–Trinajstić information content (AvgIpc) is 3.01. The van der Waals surface area contributed by atoms with Crippen molar-refractivity contribution in [1.29, 1.82) is 0 Å². The van der Waals surface area contributed by atoms with Crippen LogP contribution in [0, 0.1) is 0 Å². The molecule has 176 valence electrons. The molecule has 0 fully saturated rings. The molecule has 1 heterocycles. The predicted molar refractivity (Wildman–Crippen MR) is 132 cm³/mol. The number of ether oxygens (including phenoxy) is 2. The number of nitrogens with one attached hydrogen (secondary N) is 1. The van der Waals surface area contributed by atoms with Gasteiger partial charge in [-0.05, 0) is 48.7 Å². The molecule has 3 aromatic rings. The van der Waals surface area contributed by atoms with Crippen molar-refractivity contribution >= 4 is 17.5 Å². The van der Waals surface area contributed by atoms with Crippen LogP contribution in [0.3, 0.4) is 0 Å². The molecule has 6 nitrogen and oxygen atoms in total. The van der Waals surface area contributed by atoms with Gasteiger partial charge in [0.15, 0.2) is 12.7 Å². The Balaban J connectivity index is 1.54. The van der Waals surface area contributed by atoms with Crippen molar-refractivity contribution in [2.45, 2.75) is 45.4 Å². The number of hydrogen-bond donors (Lipinski definition) is 1. The van der Waals surface area contributed by atoms with Gasteiger partial charge in [-0.1, -0.05) is 62.4 Å². The molecule has 0 unspecified atom stereocenters. The molecule has 0 aromatic heterocycles. The fourth-order valence-corrected chi connectivity index (χ4v) is 4.24. The molecule has 0 aliphatic carbocycles. The van der Waals surface area contributed by atoms with Crippen molar-refractivity contribution < 1.29 is 19.1 Å². The largest absolute Gasteiger partial charge is 0.484 e. The van der Waals surface area contributed by atoms with Gasteiger partial charge in [0, 0.05) is 11.3 Å². The summed E-state index contributed by atoms with van der Waals surface area (Å²) in [6, 6.07) is 24.7. The fraction of sp³-hybridized carbons (Fsp3) is 0.286. The second-order valence-electron chi connectivity index (χ2n) is 8.29. The van der Waals surface area contributed by atoms with Crippen LogP contribution in [0.25, 0.3) is 0 Å². The Morgan fingerprint density at radius 1 is 1.06 bits per heavy atom. The van der Waals surface area contributed by atoms with Crippen LogP contribution in [0.4, 0.5) is 5.69 Å². The zero-order valence-electron chi connectivity index (χ0n) is 19.6. The molecule has 6 heteroatoms. The Morgan fingerprint density at radius 2 is 1.76 bits per heavy atom. The van der Waals surface area contributed by atoms with E-state index in [-0.39, 0.29) is 24.5 Å². The molecule has 2 amide bonds. The maximum Gasteiger partial charge on any atom is 0.264 e. The van der Waals surface area contributed by atoms with Crippen LogP contribution >= 0.6 is 0 Å². The quantitative estimate of drug-likeness (QED) is 0.494. The highest BCUT2D eigenvalue weighted by Gasteiger charge is 2.34. The molecular weight excluding hydrogens is 428 g/mol. The van der Waals surface area contributed by atoms with E-state index < -0.39 is 6.10 Å². The molecular formula is C28H30N2O4. The SMILES string of the molecule is CC[C@@H]1Oc2ccc(NC(=O)COc3ccccc3)cc2CN([C@H](CC)c2ccccc2)C1=O. The number of fused-ring (bicyclic) bond motifs is 1. The molecule has 34 heavy (non-hydrogen) atoms. The number of nitrogens with zero attached hydrogens (tertiary/aromatic N) is 1. The van der Waals surface area contributed by atoms with E-state index in [1.54, 1.807) is 18.2 Å². The van der Waals surface area contributed by atoms with Crippen LogP contribution in [-0.4, -0.2) is 29.4 Å². The smallest absolute Gasteiger partial charge is 0.264 e. The summed E-state index contributed by atoms with van der Waals surface area (Å²) in [6.07, 6.45) is 0.822. The van der Waals surface area contributed by atoms with E-state index in [4.69, 9.17) is 9.47 Å².